The van der Waals surface area contributed by atoms with Gasteiger partial charge < -0.3 is 10.2 Å². The Morgan fingerprint density at radius 3 is 2.03 bits per heavy atom. The summed E-state index contributed by atoms with van der Waals surface area (Å²) in [4.78, 5) is 39.8. The lowest BCUT2D eigenvalue weighted by Gasteiger charge is -2.34. The molecule has 0 radical (unpaired) electrons. The summed E-state index contributed by atoms with van der Waals surface area (Å²) in [6.45, 7) is 8.27. The third-order valence-electron chi connectivity index (χ3n) is 6.42. The predicted molar refractivity (Wildman–Crippen MR) is 114 cm³/mol. The number of alkyl halides is 3. The molecular weight excluding hydrogens is 421 g/mol. The van der Waals surface area contributed by atoms with Crippen LogP contribution in [0.1, 0.15) is 76.2 Å². The Morgan fingerprint density at radius 2 is 1.59 bits per heavy atom. The first-order chi connectivity index (χ1) is 14.7. The number of hydrogen-bond acceptors (Lipinski definition) is 3. The first kappa shape index (κ1) is 24.0. The van der Waals surface area contributed by atoms with Crippen molar-refractivity contribution in [3.8, 4) is 0 Å². The molecule has 1 aromatic rings. The molecule has 2 aliphatic rings. The second-order valence-corrected chi connectivity index (χ2v) is 9.66. The maximum atomic E-state index is 14.6. The monoisotopic (exact) mass is 450 g/mol. The summed E-state index contributed by atoms with van der Waals surface area (Å²) in [6.07, 6.45) is -2.49. The summed E-state index contributed by atoms with van der Waals surface area (Å²) < 4.78 is 43.7. The quantitative estimate of drug-likeness (QED) is 0.726. The highest BCUT2D eigenvalue weighted by molar-refractivity contribution is 6.13. The number of carbonyl (C=O) groups is 3. The van der Waals surface area contributed by atoms with Gasteiger partial charge in [-0.2, -0.15) is 13.2 Å². The van der Waals surface area contributed by atoms with Gasteiger partial charge in [-0.3, -0.25) is 14.4 Å². The predicted octanol–water partition coefficient (Wildman–Crippen LogP) is 4.66. The molecule has 1 fully saturated rings. The van der Waals surface area contributed by atoms with Gasteiger partial charge in [-0.1, -0.05) is 45.7 Å². The van der Waals surface area contributed by atoms with Crippen molar-refractivity contribution >= 4 is 17.6 Å². The number of rotatable bonds is 4. The van der Waals surface area contributed by atoms with Crippen molar-refractivity contribution in [1.82, 2.24) is 10.2 Å². The van der Waals surface area contributed by atoms with E-state index in [1.807, 2.05) is 26.1 Å². The number of nitrogens with one attached hydrogen (secondary N) is 1. The van der Waals surface area contributed by atoms with Crippen LogP contribution in [0.2, 0.25) is 0 Å². The molecule has 0 aromatic heterocycles. The minimum atomic E-state index is -5.19. The molecule has 32 heavy (non-hydrogen) atoms. The van der Waals surface area contributed by atoms with E-state index < -0.39 is 40.9 Å². The molecular formula is C24H29F3N2O3. The number of amides is 2. The van der Waals surface area contributed by atoms with Crippen molar-refractivity contribution in [3.05, 3.63) is 46.7 Å². The Morgan fingerprint density at radius 1 is 1.06 bits per heavy atom. The molecule has 1 aliphatic carbocycles. The van der Waals surface area contributed by atoms with Crippen LogP contribution in [-0.4, -0.2) is 40.3 Å². The van der Waals surface area contributed by atoms with Crippen molar-refractivity contribution in [2.45, 2.75) is 83.5 Å². The van der Waals surface area contributed by atoms with Crippen molar-refractivity contribution in [2.75, 3.05) is 0 Å². The van der Waals surface area contributed by atoms with E-state index in [0.29, 0.717) is 12.8 Å². The van der Waals surface area contributed by atoms with Crippen LogP contribution in [0.5, 0.6) is 0 Å². The number of halogens is 3. The lowest BCUT2D eigenvalue weighted by Crippen LogP contribution is -2.66. The molecule has 1 aliphatic heterocycles. The summed E-state index contributed by atoms with van der Waals surface area (Å²) in [5.74, 6) is -3.26. The molecule has 1 atom stereocenters. The zero-order chi connectivity index (χ0) is 24.1. The zero-order valence-electron chi connectivity index (χ0n) is 19.0. The summed E-state index contributed by atoms with van der Waals surface area (Å²) >= 11 is 0. The van der Waals surface area contributed by atoms with E-state index in [9.17, 15) is 27.6 Å². The van der Waals surface area contributed by atoms with Crippen molar-refractivity contribution in [3.63, 3.8) is 0 Å². The number of ketones is 1. The number of allylic oxidation sites excluding steroid dienone is 1. The second-order valence-electron chi connectivity index (χ2n) is 9.66. The van der Waals surface area contributed by atoms with Crippen LogP contribution in [0.4, 0.5) is 13.2 Å². The standard InChI is InChI=1S/C24H29F3N2O3/c1-14-19(15(2)30)23(24(25,26)27,21(32)29(14)18-8-6-7-9-18)28-20(31)16-10-12-17(13-11-16)22(3,4)5/h10-13,18H,6-9H2,1-5H3,(H,28,31)/t23-/m1/s1. The molecule has 1 N–H and O–H groups in total. The minimum Gasteiger partial charge on any atom is -0.326 e. The lowest BCUT2D eigenvalue weighted by atomic mass is 9.85. The highest BCUT2D eigenvalue weighted by atomic mass is 19.4. The van der Waals surface area contributed by atoms with Crippen LogP contribution in [-0.2, 0) is 15.0 Å². The van der Waals surface area contributed by atoms with Gasteiger partial charge in [-0.05, 0) is 49.8 Å². The van der Waals surface area contributed by atoms with Gasteiger partial charge in [-0.25, -0.2) is 0 Å². The smallest absolute Gasteiger partial charge is 0.326 e. The maximum absolute atomic E-state index is 14.6. The fourth-order valence-electron chi connectivity index (χ4n) is 4.77. The van der Waals surface area contributed by atoms with Crippen LogP contribution < -0.4 is 5.32 Å². The lowest BCUT2D eigenvalue weighted by molar-refractivity contribution is -0.191. The first-order valence-corrected chi connectivity index (χ1v) is 10.8. The zero-order valence-corrected chi connectivity index (χ0v) is 19.0. The summed E-state index contributed by atoms with van der Waals surface area (Å²) in [7, 11) is 0. The van der Waals surface area contributed by atoms with E-state index in [2.05, 4.69) is 0 Å². The van der Waals surface area contributed by atoms with Gasteiger partial charge >= 0.3 is 6.18 Å². The fraction of sp³-hybridized carbons (Fsp3) is 0.542. The van der Waals surface area contributed by atoms with Crippen LogP contribution in [0, 0.1) is 0 Å². The van der Waals surface area contributed by atoms with Crippen molar-refractivity contribution in [1.29, 1.82) is 0 Å². The van der Waals surface area contributed by atoms with Crippen molar-refractivity contribution < 1.29 is 27.6 Å². The normalized spacial score (nSPS) is 22.6. The molecule has 0 unspecified atom stereocenters. The maximum Gasteiger partial charge on any atom is 0.425 e. The van der Waals surface area contributed by atoms with Gasteiger partial charge in [0, 0.05) is 17.3 Å². The molecule has 0 spiro atoms. The largest absolute Gasteiger partial charge is 0.425 e. The van der Waals surface area contributed by atoms with Crippen LogP contribution in [0.3, 0.4) is 0 Å². The van der Waals surface area contributed by atoms with Crippen LogP contribution in [0.15, 0.2) is 35.5 Å². The third-order valence-corrected chi connectivity index (χ3v) is 6.42. The fourth-order valence-corrected chi connectivity index (χ4v) is 4.77. The highest BCUT2D eigenvalue weighted by Gasteiger charge is 2.70. The first-order valence-electron chi connectivity index (χ1n) is 10.8. The molecule has 174 valence electrons. The topological polar surface area (TPSA) is 66.5 Å². The Bertz CT molecular complexity index is 968. The molecule has 5 nitrogen and oxygen atoms in total. The number of benzene rings is 1. The summed E-state index contributed by atoms with van der Waals surface area (Å²) in [5.41, 5.74) is -3.45. The van der Waals surface area contributed by atoms with Gasteiger partial charge in [0.15, 0.2) is 5.78 Å². The Kier molecular flexibility index (Phi) is 6.04. The van der Waals surface area contributed by atoms with E-state index >= 15 is 0 Å². The molecule has 0 saturated heterocycles. The van der Waals surface area contributed by atoms with E-state index in [1.54, 1.807) is 12.1 Å². The van der Waals surface area contributed by atoms with E-state index in [0.717, 1.165) is 30.2 Å². The Labute approximate surface area is 186 Å². The van der Waals surface area contributed by atoms with Gasteiger partial charge in [0.25, 0.3) is 11.8 Å². The second kappa shape index (κ2) is 8.05. The molecule has 1 aromatic carbocycles. The molecule has 1 heterocycles. The SMILES string of the molecule is CC(=O)C1=C(C)N(C2CCCC2)C(=O)[C@@]1(NC(=O)c1ccc(C(C)(C)C)cc1)C(F)(F)F. The molecule has 2 amide bonds. The van der Waals surface area contributed by atoms with Gasteiger partial charge in [0.05, 0.1) is 5.57 Å². The van der Waals surface area contributed by atoms with Gasteiger partial charge in [0.1, 0.15) is 0 Å². The average Bonchev–Trinajstić information content (AvgIpc) is 3.26. The van der Waals surface area contributed by atoms with Crippen LogP contribution in [0.25, 0.3) is 0 Å². The van der Waals surface area contributed by atoms with Crippen molar-refractivity contribution in [2.24, 2.45) is 0 Å². The number of hydrogen-bond donors (Lipinski definition) is 1. The van der Waals surface area contributed by atoms with E-state index in [4.69, 9.17) is 0 Å². The molecule has 1 saturated carbocycles. The molecule has 8 heteroatoms. The van der Waals surface area contributed by atoms with Gasteiger partial charge in [-0.15, -0.1) is 0 Å². The number of nitrogens with zero attached hydrogens (tertiary/aromatic N) is 1. The minimum absolute atomic E-state index is 0.0192. The highest BCUT2D eigenvalue weighted by Crippen LogP contribution is 2.47. The summed E-state index contributed by atoms with van der Waals surface area (Å²) in [6, 6.07) is 5.78. The van der Waals surface area contributed by atoms with Gasteiger partial charge in [0.2, 0.25) is 5.54 Å². The Hall–Kier alpha value is -2.64. The number of carbonyl (C=O) groups excluding carboxylic acids is 3. The average molecular weight is 451 g/mol. The molecule has 3 rings (SSSR count). The van der Waals surface area contributed by atoms with E-state index in [-0.39, 0.29) is 16.7 Å². The third kappa shape index (κ3) is 3.84. The van der Waals surface area contributed by atoms with E-state index in [1.165, 1.54) is 19.1 Å². The summed E-state index contributed by atoms with van der Waals surface area (Å²) in [5, 5.41) is 1.94. The number of Topliss-reactive ketones (excluding diaryl/α,β-unsaturated/α-hetero) is 1. The van der Waals surface area contributed by atoms with Crippen LogP contribution >= 0.6 is 0 Å². The molecule has 0 bridgehead atoms. The Balaban J connectivity index is 2.07.